The molecule has 0 spiro atoms. The van der Waals surface area contributed by atoms with Crippen LogP contribution in [0.15, 0.2) is 48.6 Å². The molecule has 2 aromatic rings. The van der Waals surface area contributed by atoms with E-state index < -0.39 is 0 Å². The molecule has 0 aliphatic carbocycles. The summed E-state index contributed by atoms with van der Waals surface area (Å²) >= 11 is 7.84. The summed E-state index contributed by atoms with van der Waals surface area (Å²) < 4.78 is 5.89. The lowest BCUT2D eigenvalue weighted by atomic mass is 10.1. The third kappa shape index (κ3) is 4.93. The molecule has 6 nitrogen and oxygen atoms in total. The second-order valence-corrected chi connectivity index (χ2v) is 8.12. The van der Waals surface area contributed by atoms with Gasteiger partial charge in [0, 0.05) is 28.5 Å². The number of halogens is 1. The van der Waals surface area contributed by atoms with E-state index in [1.54, 1.807) is 6.92 Å². The Morgan fingerprint density at radius 2 is 2.17 bits per heavy atom. The van der Waals surface area contributed by atoms with Crippen LogP contribution in [0, 0.1) is 5.41 Å². The second-order valence-electron chi connectivity index (χ2n) is 6.63. The summed E-state index contributed by atoms with van der Waals surface area (Å²) in [6, 6.07) is 7.56. The van der Waals surface area contributed by atoms with Gasteiger partial charge in [-0.2, -0.15) is 0 Å². The Morgan fingerprint density at radius 3 is 2.83 bits per heavy atom. The van der Waals surface area contributed by atoms with E-state index in [1.807, 2.05) is 24.3 Å². The van der Waals surface area contributed by atoms with Crippen LogP contribution in [0.3, 0.4) is 0 Å². The topological polar surface area (TPSA) is 105 Å². The summed E-state index contributed by atoms with van der Waals surface area (Å²) in [6.07, 6.45) is 3.04. The third-order valence-corrected chi connectivity index (χ3v) is 5.89. The Hall–Kier alpha value is -2.90. The fraction of sp³-hybridized carbons (Fsp3) is 0.190. The summed E-state index contributed by atoms with van der Waals surface area (Å²) in [5.74, 6) is 0.149. The van der Waals surface area contributed by atoms with Crippen LogP contribution < -0.4 is 15.8 Å². The fourth-order valence-electron chi connectivity index (χ4n) is 2.87. The van der Waals surface area contributed by atoms with Gasteiger partial charge in [-0.3, -0.25) is 15.0 Å². The number of thiophene rings is 1. The van der Waals surface area contributed by atoms with Crippen molar-refractivity contribution >= 4 is 40.5 Å². The van der Waals surface area contributed by atoms with Gasteiger partial charge in [0.25, 0.3) is 0 Å². The highest BCUT2D eigenvalue weighted by molar-refractivity contribution is 7.17. The molecule has 1 aliphatic rings. The number of benzene rings is 1. The Morgan fingerprint density at radius 1 is 1.41 bits per heavy atom. The molecule has 1 unspecified atom stereocenters. The highest BCUT2D eigenvalue weighted by Crippen LogP contribution is 2.41. The van der Waals surface area contributed by atoms with Gasteiger partial charge in [0.05, 0.1) is 16.4 Å². The van der Waals surface area contributed by atoms with Crippen LogP contribution in [-0.2, 0) is 11.2 Å². The lowest BCUT2D eigenvalue weighted by Gasteiger charge is -2.11. The first-order chi connectivity index (χ1) is 13.7. The molecule has 0 saturated carbocycles. The first-order valence-electron chi connectivity index (χ1n) is 8.84. The van der Waals surface area contributed by atoms with Gasteiger partial charge in [-0.15, -0.1) is 11.3 Å². The molecule has 2 heterocycles. The predicted octanol–water partition coefficient (Wildman–Crippen LogP) is 3.74. The van der Waals surface area contributed by atoms with Crippen molar-refractivity contribution in [1.29, 1.82) is 5.41 Å². The minimum absolute atomic E-state index is 0.0357. The molecule has 29 heavy (non-hydrogen) atoms. The number of carbonyl (C=O) groups is 2. The summed E-state index contributed by atoms with van der Waals surface area (Å²) in [7, 11) is 0. The normalized spacial score (nSPS) is 15.0. The largest absolute Gasteiger partial charge is 0.486 e. The smallest absolute Gasteiger partial charge is 0.244 e. The molecule has 0 radical (unpaired) electrons. The van der Waals surface area contributed by atoms with Gasteiger partial charge in [0.15, 0.2) is 5.78 Å². The number of fused-ring (bicyclic) bond motifs is 1. The van der Waals surface area contributed by atoms with Crippen molar-refractivity contribution in [2.24, 2.45) is 5.73 Å². The Bertz CT molecular complexity index is 1040. The van der Waals surface area contributed by atoms with Crippen LogP contribution >= 0.6 is 22.9 Å². The molecule has 1 aliphatic heterocycles. The lowest BCUT2D eigenvalue weighted by molar-refractivity contribution is -0.116. The van der Waals surface area contributed by atoms with Crippen LogP contribution in [0.2, 0.25) is 5.02 Å². The van der Waals surface area contributed by atoms with Crippen LogP contribution in [-0.4, -0.2) is 30.2 Å². The highest BCUT2D eigenvalue weighted by Gasteiger charge is 2.26. The first kappa shape index (κ1) is 20.8. The number of ether oxygens (including phenoxy) is 1. The van der Waals surface area contributed by atoms with Crippen LogP contribution in [0.5, 0.6) is 5.75 Å². The Balaban J connectivity index is 1.65. The minimum Gasteiger partial charge on any atom is -0.486 e. The summed E-state index contributed by atoms with van der Waals surface area (Å²) in [5, 5.41) is 10.5. The summed E-state index contributed by atoms with van der Waals surface area (Å²) in [5.41, 5.74) is 7.45. The van der Waals surface area contributed by atoms with Crippen molar-refractivity contribution in [3.8, 4) is 16.2 Å². The number of ketones is 1. The van der Waals surface area contributed by atoms with Crippen molar-refractivity contribution in [1.82, 2.24) is 5.32 Å². The number of carbonyl (C=O) groups excluding carboxylic acids is 2. The lowest BCUT2D eigenvalue weighted by Crippen LogP contribution is -2.33. The van der Waals surface area contributed by atoms with Crippen molar-refractivity contribution in [2.45, 2.75) is 19.4 Å². The average Bonchev–Trinajstić information content (AvgIpc) is 3.31. The summed E-state index contributed by atoms with van der Waals surface area (Å²) in [6.45, 7) is 5.43. The second kappa shape index (κ2) is 8.63. The number of rotatable bonds is 7. The standard InChI is InChI=1S/C21H20ClN3O3S/c1-11(21(23)24)3-6-19(27)25-10-15-8-14-7-13(9-16(22)20(14)28-15)18-5-4-17(29-18)12(2)26/h3-7,9,15H,1,8,10H2,2H3,(H3,23,24)(H,25,27). The maximum atomic E-state index is 11.9. The van der Waals surface area contributed by atoms with Gasteiger partial charge < -0.3 is 15.8 Å². The molecule has 150 valence electrons. The minimum atomic E-state index is -0.325. The Kier molecular flexibility index (Phi) is 6.20. The van der Waals surface area contributed by atoms with Gasteiger partial charge in [0.2, 0.25) is 5.91 Å². The van der Waals surface area contributed by atoms with E-state index in [2.05, 4.69) is 11.9 Å². The van der Waals surface area contributed by atoms with Crippen LogP contribution in [0.1, 0.15) is 22.2 Å². The van der Waals surface area contributed by atoms with Crippen molar-refractivity contribution < 1.29 is 14.3 Å². The van der Waals surface area contributed by atoms with E-state index in [0.29, 0.717) is 28.6 Å². The predicted molar refractivity (Wildman–Crippen MR) is 116 cm³/mol. The van der Waals surface area contributed by atoms with Gasteiger partial charge in [-0.1, -0.05) is 18.2 Å². The first-order valence-corrected chi connectivity index (χ1v) is 10.0. The molecule has 1 aromatic heterocycles. The monoisotopic (exact) mass is 429 g/mol. The SMILES string of the molecule is C=C(C=CC(=O)NCC1Cc2cc(-c3ccc(C(C)=O)s3)cc(Cl)c2O1)C(=N)N. The molecule has 4 N–H and O–H groups in total. The van der Waals surface area contributed by atoms with Gasteiger partial charge in [0.1, 0.15) is 17.7 Å². The summed E-state index contributed by atoms with van der Waals surface area (Å²) in [4.78, 5) is 25.1. The highest BCUT2D eigenvalue weighted by atomic mass is 35.5. The number of amidine groups is 1. The van der Waals surface area contributed by atoms with Gasteiger partial charge in [-0.05, 0) is 42.8 Å². The molecule has 0 fully saturated rings. The molecule has 3 rings (SSSR count). The number of hydrogen-bond donors (Lipinski definition) is 3. The van der Waals surface area contributed by atoms with Crippen molar-refractivity contribution in [3.63, 3.8) is 0 Å². The number of amides is 1. The van der Waals surface area contributed by atoms with Crippen molar-refractivity contribution in [2.75, 3.05) is 6.54 Å². The number of hydrogen-bond acceptors (Lipinski definition) is 5. The van der Waals surface area contributed by atoms with E-state index in [9.17, 15) is 9.59 Å². The third-order valence-electron chi connectivity index (χ3n) is 4.38. The van der Waals surface area contributed by atoms with Gasteiger partial charge in [-0.25, -0.2) is 0 Å². The van der Waals surface area contributed by atoms with E-state index >= 15 is 0 Å². The average molecular weight is 430 g/mol. The molecule has 0 bridgehead atoms. The molecule has 1 amide bonds. The van der Waals surface area contributed by atoms with Crippen LogP contribution in [0.25, 0.3) is 10.4 Å². The zero-order valence-electron chi connectivity index (χ0n) is 15.8. The van der Waals surface area contributed by atoms with Gasteiger partial charge >= 0.3 is 0 Å². The molecule has 8 heteroatoms. The van der Waals surface area contributed by atoms with E-state index in [0.717, 1.165) is 16.0 Å². The van der Waals surface area contributed by atoms with E-state index in [1.165, 1.54) is 23.5 Å². The Labute approximate surface area is 177 Å². The van der Waals surface area contributed by atoms with E-state index in [-0.39, 0.29) is 29.2 Å². The van der Waals surface area contributed by atoms with Crippen LogP contribution in [0.4, 0.5) is 0 Å². The zero-order valence-corrected chi connectivity index (χ0v) is 17.3. The maximum absolute atomic E-state index is 11.9. The maximum Gasteiger partial charge on any atom is 0.244 e. The van der Waals surface area contributed by atoms with Crippen molar-refractivity contribution in [3.05, 3.63) is 64.0 Å². The molecule has 0 saturated heterocycles. The molecular formula is C21H20ClN3O3S. The fourth-order valence-corrected chi connectivity index (χ4v) is 4.04. The molecule has 1 atom stereocenters. The number of nitrogens with two attached hydrogens (primary N) is 1. The molecule has 1 aromatic carbocycles. The zero-order chi connectivity index (χ0) is 21.1. The number of Topliss-reactive ketones (excluding diaryl/α,β-unsaturated/α-hetero) is 1. The van der Waals surface area contributed by atoms with E-state index in [4.69, 9.17) is 27.5 Å². The molecular weight excluding hydrogens is 410 g/mol. The number of nitrogens with one attached hydrogen (secondary N) is 2. The quantitative estimate of drug-likeness (QED) is 0.205.